The summed E-state index contributed by atoms with van der Waals surface area (Å²) in [5.74, 6) is -5.80. The highest BCUT2D eigenvalue weighted by Gasteiger charge is 2.62. The molecule has 34 heavy (non-hydrogen) atoms. The summed E-state index contributed by atoms with van der Waals surface area (Å²) in [7, 11) is 6.82. The van der Waals surface area contributed by atoms with Crippen molar-refractivity contribution in [2.75, 3.05) is 33.1 Å². The number of hydrogen-bond donors (Lipinski definition) is 5. The number of fused-ring (bicyclic) bond motifs is 3. The van der Waals surface area contributed by atoms with Gasteiger partial charge in [0.2, 0.25) is 11.7 Å². The summed E-state index contributed by atoms with van der Waals surface area (Å²) in [6, 6.07) is 2.08. The number of nitrogens with zero attached hydrogens (tertiary/aromatic N) is 2. The monoisotopic (exact) mass is 471 g/mol. The molecule has 4 atom stereocenters. The van der Waals surface area contributed by atoms with Crippen LogP contribution in [0, 0.1) is 11.8 Å². The van der Waals surface area contributed by atoms with Crippen LogP contribution in [0.1, 0.15) is 24.0 Å². The first-order chi connectivity index (χ1) is 15.8. The molecule has 0 aromatic heterocycles. The van der Waals surface area contributed by atoms with Crippen molar-refractivity contribution in [3.05, 3.63) is 40.2 Å². The molecule has 10 heteroatoms. The number of likely N-dealkylation sites (N-methyl/N-ethyl adjacent to an activating group) is 1. The topological polar surface area (TPSA) is 165 Å². The third-order valence-electron chi connectivity index (χ3n) is 7.35. The van der Waals surface area contributed by atoms with E-state index in [1.165, 1.54) is 11.0 Å². The number of amides is 1. The number of carbonyl (C=O) groups excluding carboxylic acids is 3. The zero-order chi connectivity index (χ0) is 25.3. The highest BCUT2D eigenvalue weighted by Crippen LogP contribution is 2.52. The van der Waals surface area contributed by atoms with E-state index in [0.717, 1.165) is 5.69 Å². The molecule has 0 saturated heterocycles. The number of anilines is 1. The van der Waals surface area contributed by atoms with Crippen LogP contribution in [0.25, 0.3) is 5.76 Å². The first-order valence-electron chi connectivity index (χ1n) is 11.0. The molecule has 182 valence electrons. The van der Waals surface area contributed by atoms with Crippen molar-refractivity contribution in [3.8, 4) is 5.75 Å². The highest BCUT2D eigenvalue weighted by atomic mass is 16.3. The van der Waals surface area contributed by atoms with Crippen LogP contribution in [-0.2, 0) is 20.8 Å². The zero-order valence-electron chi connectivity index (χ0n) is 19.5. The van der Waals surface area contributed by atoms with Crippen LogP contribution in [0.15, 0.2) is 29.0 Å². The first-order valence-corrected chi connectivity index (χ1v) is 11.0. The molecule has 4 rings (SSSR count). The maximum absolute atomic E-state index is 13.8. The summed E-state index contributed by atoms with van der Waals surface area (Å²) < 4.78 is 0. The lowest BCUT2D eigenvalue weighted by atomic mass is 9.60. The van der Waals surface area contributed by atoms with E-state index in [2.05, 4.69) is 0 Å². The molecule has 0 radical (unpaired) electrons. The molecule has 1 fully saturated rings. The van der Waals surface area contributed by atoms with Gasteiger partial charge >= 0.3 is 0 Å². The molecule has 1 aromatic rings. The minimum Gasteiger partial charge on any atom is -0.510 e. The van der Waals surface area contributed by atoms with Crippen LogP contribution in [0.3, 0.4) is 0 Å². The Morgan fingerprint density at radius 2 is 1.76 bits per heavy atom. The molecular formula is C24H29N3O7. The lowest BCUT2D eigenvalue weighted by Crippen LogP contribution is -2.62. The van der Waals surface area contributed by atoms with E-state index in [1.54, 1.807) is 20.2 Å². The van der Waals surface area contributed by atoms with E-state index in [0.29, 0.717) is 5.56 Å². The third kappa shape index (κ3) is 3.13. The van der Waals surface area contributed by atoms with Crippen molar-refractivity contribution in [3.63, 3.8) is 0 Å². The summed E-state index contributed by atoms with van der Waals surface area (Å²) >= 11 is 0. The molecule has 4 unspecified atom stereocenters. The molecule has 0 bridgehead atoms. The second-order valence-electron chi connectivity index (χ2n) is 9.69. The molecule has 1 amide bonds. The predicted molar refractivity (Wildman–Crippen MR) is 123 cm³/mol. The summed E-state index contributed by atoms with van der Waals surface area (Å²) in [5.41, 5.74) is 3.79. The molecule has 1 saturated carbocycles. The summed E-state index contributed by atoms with van der Waals surface area (Å²) in [5, 5.41) is 44.2. The number of carbonyl (C=O) groups is 3. The quantitative estimate of drug-likeness (QED) is 0.393. The molecule has 6 N–H and O–H groups in total. The van der Waals surface area contributed by atoms with E-state index in [4.69, 9.17) is 5.73 Å². The number of Topliss-reactive ketones (excluding diaryl/α,β-unsaturated/α-hetero) is 2. The van der Waals surface area contributed by atoms with Crippen LogP contribution < -0.4 is 10.6 Å². The lowest BCUT2D eigenvalue weighted by Gasteiger charge is -2.47. The minimum absolute atomic E-state index is 0.0638. The molecule has 3 aliphatic rings. The Bertz CT molecular complexity index is 1180. The Morgan fingerprint density at radius 3 is 2.32 bits per heavy atom. The van der Waals surface area contributed by atoms with Gasteiger partial charge in [0, 0.05) is 37.7 Å². The molecule has 1 aromatic carbocycles. The van der Waals surface area contributed by atoms with Crippen molar-refractivity contribution in [1.82, 2.24) is 4.90 Å². The molecule has 3 aliphatic carbocycles. The van der Waals surface area contributed by atoms with Gasteiger partial charge in [-0.05, 0) is 50.6 Å². The van der Waals surface area contributed by atoms with Gasteiger partial charge in [0.05, 0.1) is 17.2 Å². The number of phenols is 1. The smallest absolute Gasteiger partial charge is 0.248 e. The van der Waals surface area contributed by atoms with Crippen LogP contribution in [0.5, 0.6) is 5.75 Å². The summed E-state index contributed by atoms with van der Waals surface area (Å²) in [4.78, 5) is 42.4. The van der Waals surface area contributed by atoms with Crippen molar-refractivity contribution in [2.24, 2.45) is 17.6 Å². The number of nitrogens with two attached hydrogens (primary N) is 1. The van der Waals surface area contributed by atoms with Crippen LogP contribution in [-0.4, -0.2) is 82.6 Å². The normalized spacial score (nSPS) is 28.9. The van der Waals surface area contributed by atoms with Crippen molar-refractivity contribution < 1.29 is 34.8 Å². The highest BCUT2D eigenvalue weighted by molar-refractivity contribution is 6.22. The Morgan fingerprint density at radius 1 is 1.12 bits per heavy atom. The maximum Gasteiger partial charge on any atom is 0.248 e. The fourth-order valence-corrected chi connectivity index (χ4v) is 5.80. The van der Waals surface area contributed by atoms with Gasteiger partial charge in [-0.3, -0.25) is 19.3 Å². The van der Waals surface area contributed by atoms with Gasteiger partial charge in [0.1, 0.15) is 17.3 Å². The van der Waals surface area contributed by atoms with E-state index in [1.807, 2.05) is 19.0 Å². The lowest BCUT2D eigenvalue weighted by molar-refractivity contribution is -0.160. The molecule has 10 nitrogen and oxygen atoms in total. The van der Waals surface area contributed by atoms with Gasteiger partial charge in [0.15, 0.2) is 11.4 Å². The predicted octanol–water partition coefficient (Wildman–Crippen LogP) is 0.420. The Labute approximate surface area is 196 Å². The molecule has 0 heterocycles. The average molecular weight is 472 g/mol. The van der Waals surface area contributed by atoms with E-state index >= 15 is 0 Å². The number of rotatable bonds is 3. The number of aliphatic hydroxyl groups is 3. The number of phenolic OH excluding ortho intramolecular Hbond substituents is 1. The molecule has 0 aliphatic heterocycles. The average Bonchev–Trinajstić information content (AvgIpc) is 2.82. The Kier molecular flexibility index (Phi) is 5.49. The van der Waals surface area contributed by atoms with E-state index in [-0.39, 0.29) is 35.3 Å². The Balaban J connectivity index is 1.95. The van der Waals surface area contributed by atoms with Gasteiger partial charge in [-0.25, -0.2) is 0 Å². The molecular weight excluding hydrogens is 442 g/mol. The van der Waals surface area contributed by atoms with E-state index < -0.39 is 58.9 Å². The second-order valence-corrected chi connectivity index (χ2v) is 9.69. The zero-order valence-corrected chi connectivity index (χ0v) is 19.5. The fourth-order valence-electron chi connectivity index (χ4n) is 5.80. The van der Waals surface area contributed by atoms with Gasteiger partial charge in [-0.2, -0.15) is 0 Å². The van der Waals surface area contributed by atoms with Gasteiger partial charge in [0.25, 0.3) is 0 Å². The van der Waals surface area contributed by atoms with Gasteiger partial charge in [-0.1, -0.05) is 0 Å². The number of primary amides is 1. The van der Waals surface area contributed by atoms with Crippen molar-refractivity contribution in [2.45, 2.75) is 30.9 Å². The molecule has 0 spiro atoms. The minimum atomic E-state index is -2.59. The number of aliphatic hydroxyl groups excluding tert-OH is 2. The maximum atomic E-state index is 13.8. The van der Waals surface area contributed by atoms with Gasteiger partial charge < -0.3 is 31.1 Å². The third-order valence-corrected chi connectivity index (χ3v) is 7.35. The number of ketones is 2. The van der Waals surface area contributed by atoms with Crippen LogP contribution in [0.4, 0.5) is 5.69 Å². The first kappa shape index (κ1) is 23.8. The number of hydrogen-bond acceptors (Lipinski definition) is 9. The number of aromatic hydroxyl groups is 1. The van der Waals surface area contributed by atoms with Crippen molar-refractivity contribution in [1.29, 1.82) is 0 Å². The summed E-state index contributed by atoms with van der Waals surface area (Å²) in [6.07, 6.45) is -0.389. The second kappa shape index (κ2) is 7.85. The largest absolute Gasteiger partial charge is 0.510 e. The van der Waals surface area contributed by atoms with Crippen molar-refractivity contribution >= 4 is 28.9 Å². The van der Waals surface area contributed by atoms with Gasteiger partial charge in [-0.15, -0.1) is 0 Å². The summed E-state index contributed by atoms with van der Waals surface area (Å²) in [6.45, 7) is 0. The SMILES string of the molecule is CN(C)c1ccc(O)c2c1CC1CC3C(N(C)C)C(O)=C(C(N)=O)CC(=O)C3(O)C(=O)C1=C2O. The van der Waals surface area contributed by atoms with Crippen LogP contribution in [0.2, 0.25) is 0 Å². The number of benzene rings is 1. The fraction of sp³-hybridized carbons (Fsp3) is 0.458. The standard InChI is InChI=1S/C24H29N3O7/c1-26(2)14-5-6-15(28)18-11(14)7-10-8-13-19(27(3)4)20(30)12(23(25)33)9-16(29)24(13,34)22(32)17(10)21(18)31/h5-6,10,13,19,28,30-31,34H,7-9H2,1-4H3,(H2,25,33). The van der Waals surface area contributed by atoms with E-state index in [9.17, 15) is 34.8 Å². The van der Waals surface area contributed by atoms with Crippen LogP contribution >= 0.6 is 0 Å². The Hall–Kier alpha value is -3.37.